The number of hydrogen-bond acceptors (Lipinski definition) is 2. The second kappa shape index (κ2) is 4.87. The molecule has 0 heterocycles. The van der Waals surface area contributed by atoms with Crippen LogP contribution in [0.3, 0.4) is 0 Å². The van der Waals surface area contributed by atoms with Crippen molar-refractivity contribution in [2.45, 2.75) is 0 Å². The van der Waals surface area contributed by atoms with Gasteiger partial charge in [0.1, 0.15) is 5.82 Å². The van der Waals surface area contributed by atoms with Crippen molar-refractivity contribution >= 4 is 17.3 Å². The normalized spacial score (nSPS) is 10.1. The lowest BCUT2D eigenvalue weighted by Gasteiger charge is -2.19. The van der Waals surface area contributed by atoms with Crippen LogP contribution in [0.4, 0.5) is 15.8 Å². The zero-order valence-electron chi connectivity index (χ0n) is 9.93. The summed E-state index contributed by atoms with van der Waals surface area (Å²) in [4.78, 5) is 13.6. The molecule has 0 atom stereocenters. The summed E-state index contributed by atoms with van der Waals surface area (Å²) in [6, 6.07) is 12.5. The molecule has 0 spiro atoms. The average Bonchev–Trinajstić information content (AvgIpc) is 2.38. The van der Waals surface area contributed by atoms with Crippen molar-refractivity contribution in [1.29, 1.82) is 0 Å². The van der Waals surface area contributed by atoms with Crippen LogP contribution in [0.25, 0.3) is 0 Å². The van der Waals surface area contributed by atoms with Crippen LogP contribution in [0.5, 0.6) is 0 Å². The Hall–Kier alpha value is -2.36. The summed E-state index contributed by atoms with van der Waals surface area (Å²) < 4.78 is 12.8. The Labute approximate surface area is 105 Å². The summed E-state index contributed by atoms with van der Waals surface area (Å²) >= 11 is 0. The molecule has 2 rings (SSSR count). The first-order valence-electron chi connectivity index (χ1n) is 5.47. The summed E-state index contributed by atoms with van der Waals surface area (Å²) in [5, 5.41) is 0. The monoisotopic (exact) mass is 244 g/mol. The lowest BCUT2D eigenvalue weighted by atomic mass is 10.1. The molecular weight excluding hydrogens is 231 g/mol. The van der Waals surface area contributed by atoms with Crippen molar-refractivity contribution < 1.29 is 9.18 Å². The smallest absolute Gasteiger partial charge is 0.258 e. The molecule has 0 aliphatic rings. The van der Waals surface area contributed by atoms with E-state index in [1.165, 1.54) is 29.2 Å². The largest absolute Gasteiger partial charge is 0.397 e. The number of halogens is 1. The molecule has 2 aromatic carbocycles. The molecule has 1 amide bonds. The van der Waals surface area contributed by atoms with Crippen molar-refractivity contribution in [3.8, 4) is 0 Å². The van der Waals surface area contributed by atoms with Gasteiger partial charge in [0.2, 0.25) is 0 Å². The number of carbonyl (C=O) groups excluding carboxylic acids is 1. The third kappa shape index (κ3) is 2.32. The van der Waals surface area contributed by atoms with E-state index in [1.807, 2.05) is 0 Å². The highest BCUT2D eigenvalue weighted by molar-refractivity contribution is 6.07. The number of rotatable bonds is 2. The Morgan fingerprint density at radius 2 is 1.72 bits per heavy atom. The van der Waals surface area contributed by atoms with Crippen LogP contribution in [-0.2, 0) is 0 Å². The fourth-order valence-corrected chi connectivity index (χ4v) is 1.69. The summed E-state index contributed by atoms with van der Waals surface area (Å²) in [7, 11) is 1.64. The highest BCUT2D eigenvalue weighted by Gasteiger charge is 2.14. The maximum absolute atomic E-state index is 12.8. The minimum Gasteiger partial charge on any atom is -0.397 e. The van der Waals surface area contributed by atoms with E-state index < -0.39 is 0 Å². The highest BCUT2D eigenvalue weighted by atomic mass is 19.1. The molecule has 4 heteroatoms. The molecule has 0 bridgehead atoms. The van der Waals surface area contributed by atoms with Gasteiger partial charge in [-0.25, -0.2) is 4.39 Å². The van der Waals surface area contributed by atoms with Crippen LogP contribution >= 0.6 is 0 Å². The number of carbonyl (C=O) groups is 1. The van der Waals surface area contributed by atoms with Gasteiger partial charge in [-0.2, -0.15) is 0 Å². The molecule has 0 aliphatic heterocycles. The molecule has 0 fully saturated rings. The van der Waals surface area contributed by atoms with Gasteiger partial charge in [0.15, 0.2) is 0 Å². The van der Waals surface area contributed by atoms with Gasteiger partial charge < -0.3 is 10.6 Å². The lowest BCUT2D eigenvalue weighted by molar-refractivity contribution is 0.0993. The van der Waals surface area contributed by atoms with E-state index in [4.69, 9.17) is 5.73 Å². The molecule has 3 nitrogen and oxygen atoms in total. The molecular formula is C14H13FN2O. The van der Waals surface area contributed by atoms with Crippen molar-refractivity contribution in [3.05, 3.63) is 59.9 Å². The lowest BCUT2D eigenvalue weighted by Crippen LogP contribution is -2.26. The third-order valence-corrected chi connectivity index (χ3v) is 2.69. The predicted molar refractivity (Wildman–Crippen MR) is 70.0 cm³/mol. The zero-order chi connectivity index (χ0) is 13.1. The van der Waals surface area contributed by atoms with E-state index >= 15 is 0 Å². The maximum atomic E-state index is 12.8. The highest BCUT2D eigenvalue weighted by Crippen LogP contribution is 2.22. The fourth-order valence-electron chi connectivity index (χ4n) is 1.69. The van der Waals surface area contributed by atoms with Crippen LogP contribution < -0.4 is 10.6 Å². The fraction of sp³-hybridized carbons (Fsp3) is 0.0714. The molecule has 2 aromatic rings. The minimum absolute atomic E-state index is 0.229. The van der Waals surface area contributed by atoms with Crippen molar-refractivity contribution in [2.75, 3.05) is 17.7 Å². The number of anilines is 2. The summed E-state index contributed by atoms with van der Waals surface area (Å²) in [5.41, 5.74) is 7.38. The molecule has 0 aromatic heterocycles. The Bertz CT molecular complexity index is 566. The Kier molecular flexibility index (Phi) is 3.28. The number of nitrogen functional groups attached to an aromatic ring is 1. The van der Waals surface area contributed by atoms with Gasteiger partial charge in [-0.3, -0.25) is 4.79 Å². The standard InChI is InChI=1S/C14H13FN2O/c1-17(13-5-3-2-4-12(13)16)14(18)10-6-8-11(15)9-7-10/h2-9H,16H2,1H3. The molecule has 0 saturated carbocycles. The van der Waals surface area contributed by atoms with Crippen LogP contribution in [0.1, 0.15) is 10.4 Å². The van der Waals surface area contributed by atoms with Gasteiger partial charge in [0, 0.05) is 12.6 Å². The second-order valence-corrected chi connectivity index (χ2v) is 3.93. The molecule has 18 heavy (non-hydrogen) atoms. The molecule has 0 aliphatic carbocycles. The van der Waals surface area contributed by atoms with E-state index in [-0.39, 0.29) is 11.7 Å². The number of benzene rings is 2. The number of nitrogens with zero attached hydrogens (tertiary/aromatic N) is 1. The molecule has 2 N–H and O–H groups in total. The van der Waals surface area contributed by atoms with Crippen LogP contribution in [0.2, 0.25) is 0 Å². The number of nitrogens with two attached hydrogens (primary N) is 1. The van der Waals surface area contributed by atoms with Crippen LogP contribution in [-0.4, -0.2) is 13.0 Å². The van der Waals surface area contributed by atoms with Gasteiger partial charge in [-0.1, -0.05) is 12.1 Å². The summed E-state index contributed by atoms with van der Waals surface area (Å²) in [5.74, 6) is -0.596. The van der Waals surface area contributed by atoms with E-state index in [1.54, 1.807) is 31.3 Å². The average molecular weight is 244 g/mol. The van der Waals surface area contributed by atoms with E-state index in [2.05, 4.69) is 0 Å². The van der Waals surface area contributed by atoms with Gasteiger partial charge in [0.05, 0.1) is 11.4 Å². The molecule has 0 saturated heterocycles. The zero-order valence-corrected chi connectivity index (χ0v) is 9.93. The Morgan fingerprint density at radius 1 is 1.11 bits per heavy atom. The minimum atomic E-state index is -0.367. The van der Waals surface area contributed by atoms with Crippen molar-refractivity contribution in [2.24, 2.45) is 0 Å². The third-order valence-electron chi connectivity index (χ3n) is 2.69. The first-order chi connectivity index (χ1) is 8.59. The summed E-state index contributed by atoms with van der Waals surface area (Å²) in [6.45, 7) is 0. The van der Waals surface area contributed by atoms with Crippen molar-refractivity contribution in [3.63, 3.8) is 0 Å². The van der Waals surface area contributed by atoms with Gasteiger partial charge in [-0.05, 0) is 36.4 Å². The number of para-hydroxylation sites is 2. The van der Waals surface area contributed by atoms with E-state index in [0.29, 0.717) is 16.9 Å². The second-order valence-electron chi connectivity index (χ2n) is 3.93. The Morgan fingerprint density at radius 3 is 2.33 bits per heavy atom. The molecule has 92 valence electrons. The van der Waals surface area contributed by atoms with Gasteiger partial charge in [-0.15, -0.1) is 0 Å². The van der Waals surface area contributed by atoms with Gasteiger partial charge in [0.25, 0.3) is 5.91 Å². The maximum Gasteiger partial charge on any atom is 0.258 e. The van der Waals surface area contributed by atoms with E-state index in [0.717, 1.165) is 0 Å². The molecule has 0 unspecified atom stereocenters. The molecule has 0 radical (unpaired) electrons. The number of hydrogen-bond donors (Lipinski definition) is 1. The quantitative estimate of drug-likeness (QED) is 0.825. The van der Waals surface area contributed by atoms with Crippen LogP contribution in [0, 0.1) is 5.82 Å². The van der Waals surface area contributed by atoms with E-state index in [9.17, 15) is 9.18 Å². The first-order valence-corrected chi connectivity index (χ1v) is 5.47. The topological polar surface area (TPSA) is 46.3 Å². The number of amides is 1. The van der Waals surface area contributed by atoms with Gasteiger partial charge >= 0.3 is 0 Å². The summed E-state index contributed by atoms with van der Waals surface area (Å²) in [6.07, 6.45) is 0. The SMILES string of the molecule is CN(C(=O)c1ccc(F)cc1)c1ccccc1N. The first kappa shape index (κ1) is 12.1. The van der Waals surface area contributed by atoms with Crippen LogP contribution in [0.15, 0.2) is 48.5 Å². The predicted octanol–water partition coefficient (Wildman–Crippen LogP) is 2.68. The Balaban J connectivity index is 2.29. The van der Waals surface area contributed by atoms with Crippen molar-refractivity contribution in [1.82, 2.24) is 0 Å².